The highest BCUT2D eigenvalue weighted by Crippen LogP contribution is 2.14. The van der Waals surface area contributed by atoms with Gasteiger partial charge < -0.3 is 10.4 Å². The zero-order valence-electron chi connectivity index (χ0n) is 12.0. The van der Waals surface area contributed by atoms with Gasteiger partial charge in [0.25, 0.3) is 0 Å². The molecular weight excluding hydrogens is 254 g/mol. The molecule has 0 aromatic heterocycles. The number of hydrogen-bond acceptors (Lipinski definition) is 4. The number of likely N-dealkylation sites (N-methyl/N-ethyl adjacent to an activating group) is 1. The fourth-order valence-corrected chi connectivity index (χ4v) is 2.47. The molecule has 0 bridgehead atoms. The first kappa shape index (κ1) is 14.8. The predicted octanol–water partition coefficient (Wildman–Crippen LogP) is 0.646. The number of nitrogens with one attached hydrogen (secondary N) is 1. The molecule has 1 heterocycles. The van der Waals surface area contributed by atoms with Gasteiger partial charge in [-0.2, -0.15) is 0 Å². The van der Waals surface area contributed by atoms with Crippen LogP contribution in [0.4, 0.5) is 0 Å². The molecule has 1 aliphatic rings. The molecule has 1 fully saturated rings. The number of hydrogen-bond donors (Lipinski definition) is 2. The largest absolute Gasteiger partial charge is 0.508 e. The molecule has 110 valence electrons. The molecule has 20 heavy (non-hydrogen) atoms. The minimum absolute atomic E-state index is 0.105. The maximum absolute atomic E-state index is 11.5. The van der Waals surface area contributed by atoms with Gasteiger partial charge in [-0.3, -0.25) is 14.6 Å². The number of phenolic OH excluding ortho intramolecular Hbond substituents is 1. The number of aromatic hydroxyl groups is 1. The smallest absolute Gasteiger partial charge is 0.234 e. The van der Waals surface area contributed by atoms with Gasteiger partial charge in [-0.1, -0.05) is 12.1 Å². The number of phenols is 1. The third-order valence-corrected chi connectivity index (χ3v) is 3.52. The zero-order valence-corrected chi connectivity index (χ0v) is 12.0. The van der Waals surface area contributed by atoms with Gasteiger partial charge in [-0.25, -0.2) is 0 Å². The van der Waals surface area contributed by atoms with Crippen molar-refractivity contribution in [2.45, 2.75) is 13.5 Å². The van der Waals surface area contributed by atoms with Crippen molar-refractivity contribution in [3.05, 3.63) is 29.8 Å². The lowest BCUT2D eigenvalue weighted by molar-refractivity contribution is -0.122. The normalized spacial score (nSPS) is 17.1. The third-order valence-electron chi connectivity index (χ3n) is 3.52. The van der Waals surface area contributed by atoms with Gasteiger partial charge in [0, 0.05) is 39.3 Å². The van der Waals surface area contributed by atoms with Crippen molar-refractivity contribution >= 4 is 5.91 Å². The first-order valence-electron chi connectivity index (χ1n) is 7.16. The fourth-order valence-electron chi connectivity index (χ4n) is 2.47. The second-order valence-electron chi connectivity index (χ2n) is 5.18. The summed E-state index contributed by atoms with van der Waals surface area (Å²) >= 11 is 0. The van der Waals surface area contributed by atoms with Crippen molar-refractivity contribution < 1.29 is 9.90 Å². The van der Waals surface area contributed by atoms with E-state index in [1.165, 1.54) is 0 Å². The van der Waals surface area contributed by atoms with E-state index in [9.17, 15) is 9.90 Å². The highest BCUT2D eigenvalue weighted by atomic mass is 16.3. The van der Waals surface area contributed by atoms with Crippen LogP contribution in [-0.4, -0.2) is 60.1 Å². The van der Waals surface area contributed by atoms with Crippen molar-refractivity contribution in [1.82, 2.24) is 15.1 Å². The molecule has 0 aliphatic carbocycles. The molecular formula is C15H23N3O2. The van der Waals surface area contributed by atoms with E-state index in [1.54, 1.807) is 12.1 Å². The van der Waals surface area contributed by atoms with Crippen LogP contribution in [0.15, 0.2) is 24.3 Å². The van der Waals surface area contributed by atoms with Gasteiger partial charge in [0.1, 0.15) is 5.75 Å². The van der Waals surface area contributed by atoms with Crippen LogP contribution in [0.2, 0.25) is 0 Å². The summed E-state index contributed by atoms with van der Waals surface area (Å²) < 4.78 is 0. The van der Waals surface area contributed by atoms with Gasteiger partial charge in [-0.05, 0) is 24.6 Å². The SMILES string of the molecule is CCNC(=O)CN1CCN(Cc2cccc(O)c2)CC1. The second-order valence-corrected chi connectivity index (χ2v) is 5.18. The fraction of sp³-hybridized carbons (Fsp3) is 0.533. The lowest BCUT2D eigenvalue weighted by atomic mass is 10.2. The number of benzene rings is 1. The third kappa shape index (κ3) is 4.51. The Morgan fingerprint density at radius 3 is 2.60 bits per heavy atom. The predicted molar refractivity (Wildman–Crippen MR) is 78.5 cm³/mol. The lowest BCUT2D eigenvalue weighted by Gasteiger charge is -2.34. The molecule has 1 aliphatic heterocycles. The number of amides is 1. The van der Waals surface area contributed by atoms with Crippen LogP contribution in [-0.2, 0) is 11.3 Å². The number of rotatable bonds is 5. The summed E-state index contributed by atoms with van der Waals surface area (Å²) in [5.41, 5.74) is 1.13. The maximum Gasteiger partial charge on any atom is 0.234 e. The first-order valence-corrected chi connectivity index (χ1v) is 7.16. The molecule has 2 rings (SSSR count). The lowest BCUT2D eigenvalue weighted by Crippen LogP contribution is -2.49. The van der Waals surface area contributed by atoms with Crippen LogP contribution in [0.25, 0.3) is 0 Å². The molecule has 5 heteroatoms. The average molecular weight is 277 g/mol. The molecule has 1 aromatic rings. The minimum atomic E-state index is 0.105. The summed E-state index contributed by atoms with van der Waals surface area (Å²) in [6.07, 6.45) is 0. The molecule has 0 unspecified atom stereocenters. The van der Waals surface area contributed by atoms with E-state index in [0.29, 0.717) is 18.8 Å². The molecule has 5 nitrogen and oxygen atoms in total. The summed E-state index contributed by atoms with van der Waals surface area (Å²) in [6, 6.07) is 7.39. The van der Waals surface area contributed by atoms with E-state index in [2.05, 4.69) is 15.1 Å². The Hall–Kier alpha value is -1.59. The van der Waals surface area contributed by atoms with E-state index in [1.807, 2.05) is 19.1 Å². The van der Waals surface area contributed by atoms with Gasteiger partial charge in [0.05, 0.1) is 6.54 Å². The molecule has 1 amide bonds. The van der Waals surface area contributed by atoms with Crippen molar-refractivity contribution in [2.75, 3.05) is 39.3 Å². The van der Waals surface area contributed by atoms with Gasteiger partial charge >= 0.3 is 0 Å². The summed E-state index contributed by atoms with van der Waals surface area (Å²) in [5.74, 6) is 0.423. The Balaban J connectivity index is 1.75. The Kier molecular flexibility index (Phi) is 5.38. The average Bonchev–Trinajstić information content (AvgIpc) is 2.41. The standard InChI is InChI=1S/C15H23N3O2/c1-2-16-15(20)12-18-8-6-17(7-9-18)11-13-4-3-5-14(19)10-13/h3-5,10,19H,2,6-9,11-12H2,1H3,(H,16,20). The molecule has 1 aromatic carbocycles. The van der Waals surface area contributed by atoms with E-state index in [4.69, 9.17) is 0 Å². The zero-order chi connectivity index (χ0) is 14.4. The molecule has 1 saturated heterocycles. The van der Waals surface area contributed by atoms with Crippen LogP contribution in [0.3, 0.4) is 0 Å². The van der Waals surface area contributed by atoms with E-state index in [0.717, 1.165) is 38.3 Å². The monoisotopic (exact) mass is 277 g/mol. The van der Waals surface area contributed by atoms with Crippen LogP contribution in [0, 0.1) is 0 Å². The summed E-state index contributed by atoms with van der Waals surface area (Å²) in [6.45, 7) is 7.70. The number of carbonyl (C=O) groups excluding carboxylic acids is 1. The van der Waals surface area contributed by atoms with Crippen molar-refractivity contribution in [3.8, 4) is 5.75 Å². The van der Waals surface area contributed by atoms with Crippen molar-refractivity contribution in [1.29, 1.82) is 0 Å². The summed E-state index contributed by atoms with van der Waals surface area (Å²) in [5, 5.41) is 12.3. The highest BCUT2D eigenvalue weighted by Gasteiger charge is 2.18. The van der Waals surface area contributed by atoms with Crippen molar-refractivity contribution in [2.24, 2.45) is 0 Å². The molecule has 0 saturated carbocycles. The topological polar surface area (TPSA) is 55.8 Å². The van der Waals surface area contributed by atoms with E-state index >= 15 is 0 Å². The van der Waals surface area contributed by atoms with Crippen LogP contribution in [0.5, 0.6) is 5.75 Å². The molecule has 0 radical (unpaired) electrons. The first-order chi connectivity index (χ1) is 9.67. The number of nitrogens with zero attached hydrogens (tertiary/aromatic N) is 2. The Morgan fingerprint density at radius 1 is 1.25 bits per heavy atom. The molecule has 0 atom stereocenters. The Morgan fingerprint density at radius 2 is 1.95 bits per heavy atom. The van der Waals surface area contributed by atoms with Gasteiger partial charge in [0.2, 0.25) is 5.91 Å². The van der Waals surface area contributed by atoms with Gasteiger partial charge in [0.15, 0.2) is 0 Å². The Bertz CT molecular complexity index is 442. The van der Waals surface area contributed by atoms with E-state index < -0.39 is 0 Å². The number of carbonyl (C=O) groups is 1. The maximum atomic E-state index is 11.5. The molecule has 2 N–H and O–H groups in total. The Labute approximate surface area is 120 Å². The van der Waals surface area contributed by atoms with Crippen LogP contribution in [0.1, 0.15) is 12.5 Å². The highest BCUT2D eigenvalue weighted by molar-refractivity contribution is 5.77. The van der Waals surface area contributed by atoms with E-state index in [-0.39, 0.29) is 5.91 Å². The molecule has 0 spiro atoms. The number of piperazine rings is 1. The second kappa shape index (κ2) is 7.26. The quantitative estimate of drug-likeness (QED) is 0.829. The minimum Gasteiger partial charge on any atom is -0.508 e. The van der Waals surface area contributed by atoms with Crippen molar-refractivity contribution in [3.63, 3.8) is 0 Å². The van der Waals surface area contributed by atoms with Crippen LogP contribution >= 0.6 is 0 Å². The summed E-state index contributed by atoms with van der Waals surface area (Å²) in [7, 11) is 0. The van der Waals surface area contributed by atoms with Crippen LogP contribution < -0.4 is 5.32 Å². The van der Waals surface area contributed by atoms with Gasteiger partial charge in [-0.15, -0.1) is 0 Å². The summed E-state index contributed by atoms with van der Waals surface area (Å²) in [4.78, 5) is 16.1.